The van der Waals surface area contributed by atoms with E-state index >= 15 is 0 Å². The Bertz CT molecular complexity index is 153. The fraction of sp³-hybridized carbons (Fsp3) is 0.600. The van der Waals surface area contributed by atoms with Gasteiger partial charge in [-0.25, -0.2) is 0 Å². The molecule has 0 spiro atoms. The Kier molecular flexibility index (Phi) is 4.63. The predicted molar refractivity (Wildman–Crippen MR) is 38.6 cm³/mol. The highest BCUT2D eigenvalue weighted by atomic mass is 16.6. The molecule has 0 rings (SSSR count). The summed E-state index contributed by atoms with van der Waals surface area (Å²) in [6.45, 7) is 0.213. The van der Waals surface area contributed by atoms with Gasteiger partial charge in [0.1, 0.15) is 6.61 Å². The summed E-state index contributed by atoms with van der Waals surface area (Å²) in [5.41, 5.74) is 9.84. The van der Waals surface area contributed by atoms with Gasteiger partial charge in [0.05, 0.1) is 0 Å². The Hall–Kier alpha value is -1.46. The number of guanidine groups is 1. The van der Waals surface area contributed by atoms with Crippen molar-refractivity contribution >= 4 is 11.9 Å². The van der Waals surface area contributed by atoms with Gasteiger partial charge in [-0.3, -0.25) is 4.79 Å². The molecule has 0 aliphatic heterocycles. The molecule has 6 nitrogen and oxygen atoms in total. The van der Waals surface area contributed by atoms with Crippen molar-refractivity contribution in [3.05, 3.63) is 0 Å². The van der Waals surface area contributed by atoms with Crippen LogP contribution in [0.2, 0.25) is 0 Å². The first-order valence-corrected chi connectivity index (χ1v) is 3.05. The molecule has 0 radical (unpaired) electrons. The van der Waals surface area contributed by atoms with E-state index in [-0.39, 0.29) is 19.0 Å². The predicted octanol–water partition coefficient (Wildman–Crippen LogP) is -0.944. The van der Waals surface area contributed by atoms with E-state index in [2.05, 4.69) is 9.99 Å². The van der Waals surface area contributed by atoms with E-state index in [1.165, 1.54) is 0 Å². The van der Waals surface area contributed by atoms with Crippen LogP contribution in [0.1, 0.15) is 12.8 Å². The van der Waals surface area contributed by atoms with Crippen molar-refractivity contribution < 1.29 is 14.7 Å². The minimum absolute atomic E-state index is 0.0556. The summed E-state index contributed by atoms with van der Waals surface area (Å²) in [4.78, 5) is 14.5. The van der Waals surface area contributed by atoms with Crippen LogP contribution in [-0.4, -0.2) is 23.6 Å². The number of oxime groups is 1. The lowest BCUT2D eigenvalue weighted by molar-refractivity contribution is -0.137. The van der Waals surface area contributed by atoms with Crippen molar-refractivity contribution in [3.63, 3.8) is 0 Å². The van der Waals surface area contributed by atoms with Gasteiger partial charge >= 0.3 is 5.97 Å². The molecule has 0 aromatic heterocycles. The van der Waals surface area contributed by atoms with Crippen molar-refractivity contribution in [3.8, 4) is 0 Å². The van der Waals surface area contributed by atoms with Gasteiger partial charge in [0.15, 0.2) is 0 Å². The number of carbonyl (C=O) groups is 1. The number of carboxylic acid groups (broad SMARTS) is 1. The number of rotatable bonds is 5. The quantitative estimate of drug-likeness (QED) is 0.208. The Morgan fingerprint density at radius 2 is 2.18 bits per heavy atom. The van der Waals surface area contributed by atoms with Crippen molar-refractivity contribution in [2.45, 2.75) is 12.8 Å². The lowest BCUT2D eigenvalue weighted by atomic mass is 10.3. The van der Waals surface area contributed by atoms with Gasteiger partial charge in [-0.1, -0.05) is 0 Å². The molecule has 0 saturated heterocycles. The number of hydrogen-bond acceptors (Lipinski definition) is 3. The second-order valence-corrected chi connectivity index (χ2v) is 1.85. The smallest absolute Gasteiger partial charge is 0.303 e. The lowest BCUT2D eigenvalue weighted by Crippen LogP contribution is -2.22. The fourth-order valence-corrected chi connectivity index (χ4v) is 0.408. The van der Waals surface area contributed by atoms with E-state index in [1.807, 2.05) is 0 Å². The van der Waals surface area contributed by atoms with Gasteiger partial charge in [0, 0.05) is 6.42 Å². The van der Waals surface area contributed by atoms with Gasteiger partial charge in [-0.05, 0) is 11.6 Å². The number of nitrogens with two attached hydrogens (primary N) is 2. The number of nitrogens with zero attached hydrogens (tertiary/aromatic N) is 1. The van der Waals surface area contributed by atoms with Crippen molar-refractivity contribution in [1.29, 1.82) is 0 Å². The van der Waals surface area contributed by atoms with Gasteiger partial charge in [-0.15, -0.1) is 0 Å². The van der Waals surface area contributed by atoms with Crippen molar-refractivity contribution in [2.75, 3.05) is 6.61 Å². The highest BCUT2D eigenvalue weighted by molar-refractivity contribution is 5.74. The molecule has 0 bridgehead atoms. The Balaban J connectivity index is 3.15. The van der Waals surface area contributed by atoms with Crippen LogP contribution in [0, 0.1) is 0 Å². The number of carboxylic acids is 1. The van der Waals surface area contributed by atoms with Crippen LogP contribution in [0.15, 0.2) is 5.16 Å². The van der Waals surface area contributed by atoms with Gasteiger partial charge in [0.25, 0.3) is 0 Å². The molecule has 64 valence electrons. The summed E-state index contributed by atoms with van der Waals surface area (Å²) in [5, 5.41) is 11.4. The minimum Gasteiger partial charge on any atom is -0.481 e. The van der Waals surface area contributed by atoms with Gasteiger partial charge in [-0.2, -0.15) is 0 Å². The van der Waals surface area contributed by atoms with Gasteiger partial charge in [0.2, 0.25) is 5.96 Å². The highest BCUT2D eigenvalue weighted by Crippen LogP contribution is 1.89. The first kappa shape index (κ1) is 9.54. The molecule has 0 aliphatic carbocycles. The molecule has 0 aromatic rings. The normalized spacial score (nSPS) is 8.73. The van der Waals surface area contributed by atoms with E-state index in [4.69, 9.17) is 16.6 Å². The SMILES string of the molecule is NC(N)=NOCCCC(=O)O. The zero-order valence-corrected chi connectivity index (χ0v) is 5.99. The maximum absolute atomic E-state index is 9.96. The first-order chi connectivity index (χ1) is 5.13. The van der Waals surface area contributed by atoms with Gasteiger partial charge < -0.3 is 21.4 Å². The Morgan fingerprint density at radius 3 is 2.64 bits per heavy atom. The molecule has 6 heteroatoms. The lowest BCUT2D eigenvalue weighted by Gasteiger charge is -1.96. The molecule has 0 atom stereocenters. The Labute approximate surface area is 63.8 Å². The first-order valence-electron chi connectivity index (χ1n) is 3.05. The third kappa shape index (κ3) is 8.54. The molecular formula is C5H11N3O3. The number of aliphatic carboxylic acids is 1. The molecule has 0 aromatic carbocycles. The second kappa shape index (κ2) is 5.33. The summed E-state index contributed by atoms with van der Waals surface area (Å²) in [7, 11) is 0. The number of hydrogen-bond donors (Lipinski definition) is 3. The average Bonchev–Trinajstić information content (AvgIpc) is 1.85. The summed E-state index contributed by atoms with van der Waals surface area (Å²) in [6.07, 6.45) is 0.451. The van der Waals surface area contributed by atoms with E-state index in [9.17, 15) is 4.79 Å². The fourth-order valence-electron chi connectivity index (χ4n) is 0.408. The van der Waals surface area contributed by atoms with Crippen LogP contribution in [0.25, 0.3) is 0 Å². The molecular weight excluding hydrogens is 150 g/mol. The van der Waals surface area contributed by atoms with Crippen LogP contribution < -0.4 is 11.5 Å². The third-order valence-electron chi connectivity index (χ3n) is 0.796. The molecule has 0 saturated carbocycles. The summed E-state index contributed by atoms with van der Waals surface area (Å²) in [5.74, 6) is -1.03. The second-order valence-electron chi connectivity index (χ2n) is 1.85. The molecule has 11 heavy (non-hydrogen) atoms. The summed E-state index contributed by atoms with van der Waals surface area (Å²) < 4.78 is 0. The maximum Gasteiger partial charge on any atom is 0.303 e. The van der Waals surface area contributed by atoms with Crippen molar-refractivity contribution in [2.24, 2.45) is 16.6 Å². The molecule has 0 aliphatic rings. The maximum atomic E-state index is 9.96. The Morgan fingerprint density at radius 1 is 1.55 bits per heavy atom. The average molecular weight is 161 g/mol. The van der Waals surface area contributed by atoms with Crippen LogP contribution in [0.4, 0.5) is 0 Å². The summed E-state index contributed by atoms with van der Waals surface area (Å²) in [6, 6.07) is 0. The summed E-state index contributed by atoms with van der Waals surface area (Å²) >= 11 is 0. The van der Waals surface area contributed by atoms with E-state index in [0.717, 1.165) is 0 Å². The van der Waals surface area contributed by atoms with Crippen LogP contribution in [-0.2, 0) is 9.63 Å². The molecule has 0 unspecified atom stereocenters. The van der Waals surface area contributed by atoms with Crippen molar-refractivity contribution in [1.82, 2.24) is 0 Å². The minimum atomic E-state index is -0.863. The largest absolute Gasteiger partial charge is 0.481 e. The molecule has 0 fully saturated rings. The zero-order chi connectivity index (χ0) is 8.69. The molecule has 0 amide bonds. The zero-order valence-electron chi connectivity index (χ0n) is 5.99. The van der Waals surface area contributed by atoms with E-state index in [1.54, 1.807) is 0 Å². The molecule has 0 heterocycles. The third-order valence-corrected chi connectivity index (χ3v) is 0.796. The monoisotopic (exact) mass is 161 g/mol. The van der Waals surface area contributed by atoms with Crippen LogP contribution in [0.5, 0.6) is 0 Å². The van der Waals surface area contributed by atoms with Crippen LogP contribution in [0.3, 0.4) is 0 Å². The topological polar surface area (TPSA) is 111 Å². The van der Waals surface area contributed by atoms with E-state index < -0.39 is 5.97 Å². The molecule has 5 N–H and O–H groups in total. The van der Waals surface area contributed by atoms with E-state index in [0.29, 0.717) is 6.42 Å². The standard InChI is InChI=1S/C5H11N3O3/c6-5(7)8-11-3-1-2-4(9)10/h1-3H2,(H,9,10)(H4,6,7,8). The highest BCUT2D eigenvalue weighted by Gasteiger charge is 1.95. The van der Waals surface area contributed by atoms with Crippen LogP contribution >= 0.6 is 0 Å².